The lowest BCUT2D eigenvalue weighted by Gasteiger charge is -2.56. The molecule has 0 heterocycles. The summed E-state index contributed by atoms with van der Waals surface area (Å²) in [6.07, 6.45) is -24.6. The highest BCUT2D eigenvalue weighted by Gasteiger charge is 3.07. The van der Waals surface area contributed by atoms with Crippen LogP contribution in [0.4, 0.5) is 96.6 Å². The van der Waals surface area contributed by atoms with Crippen molar-refractivity contribution in [2.75, 3.05) is 0 Å². The zero-order valence-electron chi connectivity index (χ0n) is 14.2. The predicted octanol–water partition coefficient (Wildman–Crippen LogP) is 6.92. The van der Waals surface area contributed by atoms with Crippen LogP contribution in [0.3, 0.4) is 0 Å². The molecule has 0 aromatic carbocycles. The smallest absolute Gasteiger partial charge is 0.267 e. The van der Waals surface area contributed by atoms with Gasteiger partial charge in [0, 0.05) is 0 Å². The fourth-order valence-corrected chi connectivity index (χ4v) is 2.35. The molecular formula is C11F22O. The van der Waals surface area contributed by atoms with Crippen molar-refractivity contribution >= 4 is 0 Å². The second-order valence-electron chi connectivity index (χ2n) is 6.31. The molecule has 1 aliphatic rings. The number of halogens is 22. The van der Waals surface area contributed by atoms with Crippen molar-refractivity contribution in [1.82, 2.24) is 0 Å². The van der Waals surface area contributed by atoms with Crippen LogP contribution in [0.5, 0.6) is 0 Å². The van der Waals surface area contributed by atoms with Gasteiger partial charge in [0.05, 0.1) is 0 Å². The molecule has 1 nitrogen and oxygen atoms in total. The summed E-state index contributed by atoms with van der Waals surface area (Å²) in [5.74, 6) is -61.2. The van der Waals surface area contributed by atoms with Gasteiger partial charge in [-0.25, -0.2) is 4.39 Å². The van der Waals surface area contributed by atoms with E-state index in [1.165, 1.54) is 0 Å². The largest absolute Gasteiger partial charge is 0.462 e. The van der Waals surface area contributed by atoms with E-state index in [2.05, 4.69) is 0 Å². The van der Waals surface area contributed by atoms with Gasteiger partial charge in [0.2, 0.25) is 0 Å². The number of hydrogen-bond acceptors (Lipinski definition) is 1. The molecule has 0 amide bonds. The summed E-state index contributed by atoms with van der Waals surface area (Å²) < 4.78 is 288. The van der Waals surface area contributed by atoms with Gasteiger partial charge in [-0.1, -0.05) is 0 Å². The molecule has 0 aromatic rings. The van der Waals surface area contributed by atoms with E-state index in [-0.39, 0.29) is 0 Å². The Morgan fingerprint density at radius 2 is 0.765 bits per heavy atom. The quantitative estimate of drug-likeness (QED) is 0.336. The molecule has 204 valence electrons. The van der Waals surface area contributed by atoms with Crippen molar-refractivity contribution in [3.05, 3.63) is 0 Å². The maximum atomic E-state index is 14.1. The zero-order valence-corrected chi connectivity index (χ0v) is 14.2. The standard InChI is InChI=1S/C11F22O/c12-1(4(17,18)9(26,27)28)2(13,14)5(19,20)6(21,22)8(25,3(1,15)16)34-11(32,33)7(23,24)10(29,30)31. The first-order valence-corrected chi connectivity index (χ1v) is 7.07. The molecule has 0 aliphatic heterocycles. The van der Waals surface area contributed by atoms with Crippen molar-refractivity contribution in [1.29, 1.82) is 0 Å². The minimum absolute atomic E-state index is 0.996. The van der Waals surface area contributed by atoms with E-state index in [0.717, 1.165) is 4.74 Å². The number of rotatable bonds is 4. The van der Waals surface area contributed by atoms with Crippen molar-refractivity contribution in [3.63, 3.8) is 0 Å². The van der Waals surface area contributed by atoms with Crippen LogP contribution in [-0.4, -0.2) is 65.5 Å². The summed E-state index contributed by atoms with van der Waals surface area (Å²) in [7, 11) is 0. The summed E-state index contributed by atoms with van der Waals surface area (Å²) in [4.78, 5) is 0. The van der Waals surface area contributed by atoms with Gasteiger partial charge in [0.15, 0.2) is 0 Å². The van der Waals surface area contributed by atoms with E-state index < -0.39 is 65.5 Å². The molecule has 1 rings (SSSR count). The molecule has 1 saturated carbocycles. The number of alkyl halides is 22. The van der Waals surface area contributed by atoms with Crippen LogP contribution in [-0.2, 0) is 4.74 Å². The van der Waals surface area contributed by atoms with Crippen molar-refractivity contribution in [2.45, 2.75) is 65.5 Å². The van der Waals surface area contributed by atoms with Crippen molar-refractivity contribution in [2.24, 2.45) is 0 Å². The Balaban J connectivity index is 4.18. The molecular weight excluding hydrogens is 566 g/mol. The van der Waals surface area contributed by atoms with Crippen LogP contribution < -0.4 is 0 Å². The van der Waals surface area contributed by atoms with E-state index in [0.29, 0.717) is 0 Å². The molecule has 0 spiro atoms. The summed E-state index contributed by atoms with van der Waals surface area (Å²) in [6.45, 7) is 0. The van der Waals surface area contributed by atoms with Gasteiger partial charge in [-0.05, 0) is 0 Å². The lowest BCUT2D eigenvalue weighted by atomic mass is 9.68. The Hall–Kier alpha value is -1.58. The van der Waals surface area contributed by atoms with Crippen LogP contribution in [0.25, 0.3) is 0 Å². The molecule has 23 heteroatoms. The van der Waals surface area contributed by atoms with Crippen LogP contribution in [0.1, 0.15) is 0 Å². The molecule has 0 saturated heterocycles. The molecule has 0 radical (unpaired) electrons. The van der Waals surface area contributed by atoms with E-state index in [1.54, 1.807) is 0 Å². The van der Waals surface area contributed by atoms with Gasteiger partial charge in [0.25, 0.3) is 0 Å². The minimum atomic E-state index is -9.12. The van der Waals surface area contributed by atoms with Crippen molar-refractivity contribution < 1.29 is 101 Å². The monoisotopic (exact) mass is 566 g/mol. The summed E-state index contributed by atoms with van der Waals surface area (Å²) >= 11 is 0. The topological polar surface area (TPSA) is 9.23 Å². The molecule has 1 aliphatic carbocycles. The third-order valence-electron chi connectivity index (χ3n) is 4.24. The van der Waals surface area contributed by atoms with E-state index >= 15 is 0 Å². The molecule has 34 heavy (non-hydrogen) atoms. The maximum absolute atomic E-state index is 14.1. The highest BCUT2D eigenvalue weighted by atomic mass is 19.4. The number of ether oxygens (including phenoxy) is 1. The van der Waals surface area contributed by atoms with E-state index in [1.807, 2.05) is 0 Å². The summed E-state index contributed by atoms with van der Waals surface area (Å²) in [5, 5.41) is 0. The average Bonchev–Trinajstić information content (AvgIpc) is 2.56. The Kier molecular flexibility index (Phi) is 6.08. The van der Waals surface area contributed by atoms with Crippen molar-refractivity contribution in [3.8, 4) is 0 Å². The second-order valence-corrected chi connectivity index (χ2v) is 6.31. The fourth-order valence-electron chi connectivity index (χ4n) is 2.35. The number of hydrogen-bond donors (Lipinski definition) is 0. The molecule has 1 fully saturated rings. The highest BCUT2D eigenvalue weighted by Crippen LogP contribution is 2.74. The minimum Gasteiger partial charge on any atom is -0.267 e. The van der Waals surface area contributed by atoms with Gasteiger partial charge in [-0.3, -0.25) is 4.74 Å². The average molecular weight is 566 g/mol. The molecule has 2 atom stereocenters. The lowest BCUT2D eigenvalue weighted by molar-refractivity contribution is -0.568. The molecule has 2 unspecified atom stereocenters. The Labute approximate surface area is 168 Å². The first-order chi connectivity index (χ1) is 14.2. The van der Waals surface area contributed by atoms with Crippen LogP contribution in [0.2, 0.25) is 0 Å². The SMILES string of the molecule is FC(F)(F)C(F)(F)C(F)(F)OC1(F)C(F)(F)C(F)(F)C(F)(F)C(F)(C(F)(F)C(F)(F)F)C1(F)F. The first-order valence-electron chi connectivity index (χ1n) is 7.07. The van der Waals surface area contributed by atoms with Gasteiger partial charge < -0.3 is 0 Å². The Bertz CT molecular complexity index is 803. The van der Waals surface area contributed by atoms with Crippen LogP contribution in [0, 0.1) is 0 Å². The zero-order chi connectivity index (χ0) is 28.2. The summed E-state index contributed by atoms with van der Waals surface area (Å²) in [6, 6.07) is 0. The highest BCUT2D eigenvalue weighted by molar-refractivity contribution is 5.31. The van der Waals surface area contributed by atoms with Gasteiger partial charge in [-0.2, -0.15) is 92.2 Å². The van der Waals surface area contributed by atoms with Crippen LogP contribution in [0.15, 0.2) is 0 Å². The molecule has 0 bridgehead atoms. The van der Waals surface area contributed by atoms with E-state index in [4.69, 9.17) is 0 Å². The van der Waals surface area contributed by atoms with Crippen LogP contribution >= 0.6 is 0 Å². The molecule has 0 aromatic heterocycles. The van der Waals surface area contributed by atoms with E-state index in [9.17, 15) is 96.6 Å². The predicted molar refractivity (Wildman–Crippen MR) is 55.5 cm³/mol. The Morgan fingerprint density at radius 3 is 1.06 bits per heavy atom. The third-order valence-corrected chi connectivity index (χ3v) is 4.24. The fraction of sp³-hybridized carbons (Fsp3) is 1.00. The van der Waals surface area contributed by atoms with Gasteiger partial charge in [0.1, 0.15) is 0 Å². The maximum Gasteiger partial charge on any atom is 0.462 e. The summed E-state index contributed by atoms with van der Waals surface area (Å²) in [5.41, 5.74) is -9.12. The Morgan fingerprint density at radius 1 is 0.412 bits per heavy atom. The normalized spacial score (nSPS) is 31.9. The van der Waals surface area contributed by atoms with Gasteiger partial charge in [-0.15, -0.1) is 0 Å². The van der Waals surface area contributed by atoms with Gasteiger partial charge >= 0.3 is 65.5 Å². The third kappa shape index (κ3) is 2.95. The first kappa shape index (κ1) is 30.5. The molecule has 0 N–H and O–H groups in total. The second kappa shape index (κ2) is 6.79. The lowest BCUT2D eigenvalue weighted by Crippen LogP contribution is -2.90.